The van der Waals surface area contributed by atoms with Crippen LogP contribution in [0.1, 0.15) is 0 Å². The van der Waals surface area contributed by atoms with E-state index in [9.17, 15) is 0 Å². The Labute approximate surface area is 123 Å². The van der Waals surface area contributed by atoms with E-state index in [2.05, 4.69) is 17.0 Å². The van der Waals surface area contributed by atoms with Crippen molar-refractivity contribution in [3.8, 4) is 29.4 Å². The molecule has 0 aliphatic heterocycles. The Morgan fingerprint density at radius 2 is 2.00 bits per heavy atom. The zero-order chi connectivity index (χ0) is 14.8. The van der Waals surface area contributed by atoms with E-state index in [4.69, 9.17) is 16.9 Å². The summed E-state index contributed by atoms with van der Waals surface area (Å²) >= 11 is 0. The van der Waals surface area contributed by atoms with Crippen LogP contribution in [0.25, 0.3) is 22.0 Å². The number of benzene rings is 2. The minimum Gasteiger partial charge on any atom is -0.497 e. The second-order valence-corrected chi connectivity index (χ2v) is 4.74. The molecule has 0 saturated heterocycles. The molecule has 1 aromatic heterocycles. The van der Waals surface area contributed by atoms with E-state index in [-0.39, 0.29) is 0 Å². The summed E-state index contributed by atoms with van der Waals surface area (Å²) < 4.78 is 6.99. The zero-order valence-electron chi connectivity index (χ0n) is 11.7. The second-order valence-electron chi connectivity index (χ2n) is 4.74. The normalized spacial score (nSPS) is 10.5. The molecule has 2 N–H and O–H groups in total. The number of aromatic nitrogens is 2. The van der Waals surface area contributed by atoms with Gasteiger partial charge in [-0.15, -0.1) is 6.42 Å². The first-order valence-corrected chi connectivity index (χ1v) is 6.55. The van der Waals surface area contributed by atoms with Crippen LogP contribution in [-0.4, -0.2) is 16.7 Å². The first kappa shape index (κ1) is 13.1. The van der Waals surface area contributed by atoms with Gasteiger partial charge in [0.15, 0.2) is 0 Å². The smallest absolute Gasteiger partial charge is 0.132 e. The third-order valence-corrected chi connectivity index (χ3v) is 3.46. The highest BCUT2D eigenvalue weighted by molar-refractivity contribution is 5.89. The molecule has 0 fully saturated rings. The van der Waals surface area contributed by atoms with Gasteiger partial charge in [-0.25, -0.2) is 4.98 Å². The van der Waals surface area contributed by atoms with Crippen LogP contribution in [0.4, 0.5) is 5.82 Å². The molecule has 4 nitrogen and oxygen atoms in total. The van der Waals surface area contributed by atoms with Crippen LogP contribution in [-0.2, 0) is 6.54 Å². The molecular weight excluding hydrogens is 262 g/mol. The van der Waals surface area contributed by atoms with E-state index in [0.29, 0.717) is 12.4 Å². The van der Waals surface area contributed by atoms with Crippen molar-refractivity contribution < 1.29 is 4.74 Å². The lowest BCUT2D eigenvalue weighted by molar-refractivity contribution is 0.415. The first-order chi connectivity index (χ1) is 10.2. The largest absolute Gasteiger partial charge is 0.497 e. The fraction of sp³-hybridized carbons (Fsp3) is 0.118. The van der Waals surface area contributed by atoms with Gasteiger partial charge < -0.3 is 15.0 Å². The molecule has 0 radical (unpaired) electrons. The summed E-state index contributed by atoms with van der Waals surface area (Å²) in [6.45, 7) is 0.420. The number of methoxy groups -OCH3 is 1. The lowest BCUT2D eigenvalue weighted by Crippen LogP contribution is -2.00. The van der Waals surface area contributed by atoms with Gasteiger partial charge in [0, 0.05) is 5.56 Å². The number of hydrogen-bond donors (Lipinski definition) is 1. The van der Waals surface area contributed by atoms with Gasteiger partial charge in [0.05, 0.1) is 20.0 Å². The van der Waals surface area contributed by atoms with Crippen LogP contribution in [0.3, 0.4) is 0 Å². The Hall–Kier alpha value is -2.93. The molecule has 3 rings (SSSR count). The molecule has 0 unspecified atom stereocenters. The quantitative estimate of drug-likeness (QED) is 0.749. The number of anilines is 1. The molecule has 0 aliphatic rings. The van der Waals surface area contributed by atoms with E-state index in [1.165, 1.54) is 0 Å². The van der Waals surface area contributed by atoms with E-state index in [1.807, 2.05) is 30.3 Å². The van der Waals surface area contributed by atoms with Crippen molar-refractivity contribution in [1.29, 1.82) is 0 Å². The maximum absolute atomic E-state index is 6.10. The summed E-state index contributed by atoms with van der Waals surface area (Å²) in [5.41, 5.74) is 7.82. The maximum atomic E-state index is 6.10. The van der Waals surface area contributed by atoms with Crippen molar-refractivity contribution in [2.75, 3.05) is 12.8 Å². The van der Waals surface area contributed by atoms with Gasteiger partial charge in [0.25, 0.3) is 0 Å². The summed E-state index contributed by atoms with van der Waals surface area (Å²) in [4.78, 5) is 4.36. The average Bonchev–Trinajstić information content (AvgIpc) is 2.88. The number of terminal acetylenes is 1. The standard InChI is InChI=1S/C17H15N3O/c1-3-8-20-11-19-16(17(20)18)14-5-4-13-10-15(21-2)7-6-12(13)9-14/h1,4-7,9-11H,8,18H2,2H3. The third kappa shape index (κ3) is 2.30. The van der Waals surface area contributed by atoms with Gasteiger partial charge in [-0.1, -0.05) is 24.1 Å². The topological polar surface area (TPSA) is 53.1 Å². The molecule has 2 aromatic carbocycles. The Kier molecular flexibility index (Phi) is 3.25. The minimum atomic E-state index is 0.420. The Morgan fingerprint density at radius 1 is 1.24 bits per heavy atom. The van der Waals surface area contributed by atoms with E-state index in [0.717, 1.165) is 27.8 Å². The summed E-state index contributed by atoms with van der Waals surface area (Å²) in [5.74, 6) is 3.99. The average molecular weight is 277 g/mol. The molecule has 0 aliphatic carbocycles. The predicted molar refractivity (Wildman–Crippen MR) is 85.0 cm³/mol. The minimum absolute atomic E-state index is 0.420. The molecule has 0 spiro atoms. The number of nitrogens with two attached hydrogens (primary N) is 1. The molecule has 21 heavy (non-hydrogen) atoms. The van der Waals surface area contributed by atoms with Gasteiger partial charge >= 0.3 is 0 Å². The molecule has 4 heteroatoms. The van der Waals surface area contributed by atoms with E-state index in [1.54, 1.807) is 18.0 Å². The molecule has 104 valence electrons. The number of imidazole rings is 1. The van der Waals surface area contributed by atoms with Crippen LogP contribution < -0.4 is 10.5 Å². The highest BCUT2D eigenvalue weighted by Gasteiger charge is 2.10. The predicted octanol–water partition coefficient (Wildman–Crippen LogP) is 2.93. The summed E-state index contributed by atoms with van der Waals surface area (Å²) in [7, 11) is 1.66. The Morgan fingerprint density at radius 3 is 2.76 bits per heavy atom. The van der Waals surface area contributed by atoms with Gasteiger partial charge in [-0.3, -0.25) is 0 Å². The van der Waals surface area contributed by atoms with Crippen molar-refractivity contribution in [2.24, 2.45) is 0 Å². The molecule has 0 atom stereocenters. The van der Waals surface area contributed by atoms with Crippen molar-refractivity contribution in [1.82, 2.24) is 9.55 Å². The third-order valence-electron chi connectivity index (χ3n) is 3.46. The molecule has 0 amide bonds. The first-order valence-electron chi connectivity index (χ1n) is 6.55. The van der Waals surface area contributed by atoms with Crippen LogP contribution in [0, 0.1) is 12.3 Å². The summed E-state index contributed by atoms with van der Waals surface area (Å²) in [6, 6.07) is 12.1. The summed E-state index contributed by atoms with van der Waals surface area (Å²) in [5, 5.41) is 2.22. The molecular formula is C17H15N3O. The highest BCUT2D eigenvalue weighted by Crippen LogP contribution is 2.29. The number of rotatable bonds is 3. The van der Waals surface area contributed by atoms with E-state index < -0.39 is 0 Å². The van der Waals surface area contributed by atoms with Crippen LogP contribution in [0.15, 0.2) is 42.7 Å². The number of hydrogen-bond acceptors (Lipinski definition) is 3. The van der Waals surface area contributed by atoms with Crippen molar-refractivity contribution in [3.05, 3.63) is 42.7 Å². The molecule has 3 aromatic rings. The van der Waals surface area contributed by atoms with Gasteiger partial charge in [-0.05, 0) is 29.0 Å². The number of nitrogens with zero attached hydrogens (tertiary/aromatic N) is 2. The van der Waals surface area contributed by atoms with Crippen molar-refractivity contribution in [2.45, 2.75) is 6.54 Å². The lowest BCUT2D eigenvalue weighted by Gasteiger charge is -2.06. The lowest BCUT2D eigenvalue weighted by atomic mass is 10.0. The van der Waals surface area contributed by atoms with Gasteiger partial charge in [0.2, 0.25) is 0 Å². The van der Waals surface area contributed by atoms with Crippen LogP contribution in [0.2, 0.25) is 0 Å². The monoisotopic (exact) mass is 277 g/mol. The van der Waals surface area contributed by atoms with E-state index >= 15 is 0 Å². The Bertz CT molecular complexity index is 843. The van der Waals surface area contributed by atoms with Gasteiger partial charge in [0.1, 0.15) is 17.3 Å². The maximum Gasteiger partial charge on any atom is 0.132 e. The molecule has 0 bridgehead atoms. The van der Waals surface area contributed by atoms with Crippen LogP contribution in [0.5, 0.6) is 5.75 Å². The number of nitrogen functional groups attached to an aromatic ring is 1. The number of ether oxygens (including phenoxy) is 1. The fourth-order valence-electron chi connectivity index (χ4n) is 2.34. The van der Waals surface area contributed by atoms with Crippen molar-refractivity contribution in [3.63, 3.8) is 0 Å². The fourth-order valence-corrected chi connectivity index (χ4v) is 2.34. The van der Waals surface area contributed by atoms with Gasteiger partial charge in [-0.2, -0.15) is 0 Å². The second kappa shape index (κ2) is 5.22. The Balaban J connectivity index is 2.07. The zero-order valence-corrected chi connectivity index (χ0v) is 11.7. The van der Waals surface area contributed by atoms with Crippen molar-refractivity contribution >= 4 is 16.6 Å². The highest BCUT2D eigenvalue weighted by atomic mass is 16.5. The van der Waals surface area contributed by atoms with Crippen LogP contribution >= 0.6 is 0 Å². The SMILES string of the molecule is C#CCn1cnc(-c2ccc3cc(OC)ccc3c2)c1N. The summed E-state index contributed by atoms with van der Waals surface area (Å²) in [6.07, 6.45) is 6.98. The molecule has 1 heterocycles. The number of fused-ring (bicyclic) bond motifs is 1. The molecule has 0 saturated carbocycles.